The third kappa shape index (κ3) is 2.42. The summed E-state index contributed by atoms with van der Waals surface area (Å²) in [6.07, 6.45) is 0.639. The molecular weight excluding hydrogens is 216 g/mol. The minimum atomic E-state index is -0.746. The summed E-state index contributed by atoms with van der Waals surface area (Å²) < 4.78 is 0. The molecule has 1 amide bonds. The lowest BCUT2D eigenvalue weighted by Gasteiger charge is -2.20. The van der Waals surface area contributed by atoms with Crippen LogP contribution in [0.15, 0.2) is 24.3 Å². The first-order valence-electron chi connectivity index (χ1n) is 5.82. The van der Waals surface area contributed by atoms with Gasteiger partial charge in [0.15, 0.2) is 0 Å². The monoisotopic (exact) mass is 234 g/mol. The predicted molar refractivity (Wildman–Crippen MR) is 67.1 cm³/mol. The van der Waals surface area contributed by atoms with Crippen LogP contribution in [0, 0.1) is 0 Å². The highest BCUT2D eigenvalue weighted by Crippen LogP contribution is 2.24. The maximum Gasteiger partial charge on any atom is 0.256 e. The van der Waals surface area contributed by atoms with Crippen molar-refractivity contribution in [3.8, 4) is 0 Å². The molecule has 1 aliphatic heterocycles. The molecule has 17 heavy (non-hydrogen) atoms. The SMILES string of the molecule is CNc1ccccc1C(=O)N1CCC(C)(O)C1. The average molecular weight is 234 g/mol. The maximum absolute atomic E-state index is 12.3. The second-order valence-electron chi connectivity index (χ2n) is 4.77. The Morgan fingerprint density at radius 2 is 2.18 bits per heavy atom. The fourth-order valence-corrected chi connectivity index (χ4v) is 2.18. The van der Waals surface area contributed by atoms with Crippen molar-refractivity contribution in [2.75, 3.05) is 25.5 Å². The molecule has 1 unspecified atom stereocenters. The number of nitrogens with zero attached hydrogens (tertiary/aromatic N) is 1. The van der Waals surface area contributed by atoms with Crippen molar-refractivity contribution in [3.05, 3.63) is 29.8 Å². The Morgan fingerprint density at radius 3 is 2.76 bits per heavy atom. The molecule has 0 aromatic heterocycles. The topological polar surface area (TPSA) is 52.6 Å². The van der Waals surface area contributed by atoms with Crippen molar-refractivity contribution in [2.45, 2.75) is 18.9 Å². The van der Waals surface area contributed by atoms with Crippen molar-refractivity contribution in [1.82, 2.24) is 4.90 Å². The number of β-amino-alcohol motifs (C(OH)–C–C–N with tert-alkyl or cyclic N) is 1. The van der Waals surface area contributed by atoms with E-state index in [1.807, 2.05) is 18.2 Å². The zero-order chi connectivity index (χ0) is 12.5. The Bertz CT molecular complexity index is 429. The summed E-state index contributed by atoms with van der Waals surface area (Å²) in [6, 6.07) is 7.42. The molecule has 1 heterocycles. The molecule has 4 heteroatoms. The Morgan fingerprint density at radius 1 is 1.47 bits per heavy atom. The number of amides is 1. The van der Waals surface area contributed by atoms with Gasteiger partial charge >= 0.3 is 0 Å². The van der Waals surface area contributed by atoms with Gasteiger partial charge in [-0.3, -0.25) is 4.79 Å². The van der Waals surface area contributed by atoms with Crippen molar-refractivity contribution in [3.63, 3.8) is 0 Å². The fraction of sp³-hybridized carbons (Fsp3) is 0.462. The Balaban J connectivity index is 2.20. The van der Waals surface area contributed by atoms with E-state index in [0.717, 1.165) is 5.69 Å². The highest BCUT2D eigenvalue weighted by molar-refractivity contribution is 5.99. The summed E-state index contributed by atoms with van der Waals surface area (Å²) in [5, 5.41) is 12.9. The largest absolute Gasteiger partial charge is 0.388 e. The van der Waals surface area contributed by atoms with E-state index in [-0.39, 0.29) is 5.91 Å². The van der Waals surface area contributed by atoms with Gasteiger partial charge in [-0.2, -0.15) is 0 Å². The molecule has 0 spiro atoms. The van der Waals surface area contributed by atoms with E-state index in [4.69, 9.17) is 0 Å². The molecule has 0 saturated carbocycles. The molecule has 1 aromatic rings. The van der Waals surface area contributed by atoms with Crippen LogP contribution in [-0.2, 0) is 0 Å². The van der Waals surface area contributed by atoms with Gasteiger partial charge in [0.1, 0.15) is 0 Å². The highest BCUT2D eigenvalue weighted by Gasteiger charge is 2.34. The molecule has 1 aromatic carbocycles. The van der Waals surface area contributed by atoms with E-state index in [9.17, 15) is 9.90 Å². The Hall–Kier alpha value is -1.55. The predicted octanol–water partition coefficient (Wildman–Crippen LogP) is 1.33. The van der Waals surface area contributed by atoms with Crippen LogP contribution in [0.25, 0.3) is 0 Å². The fourth-order valence-electron chi connectivity index (χ4n) is 2.18. The first-order chi connectivity index (χ1) is 8.03. The van der Waals surface area contributed by atoms with E-state index in [1.54, 1.807) is 24.9 Å². The van der Waals surface area contributed by atoms with Gasteiger partial charge in [0.2, 0.25) is 0 Å². The number of hydrogen-bond acceptors (Lipinski definition) is 3. The lowest BCUT2D eigenvalue weighted by Crippen LogP contribution is -2.34. The molecule has 2 N–H and O–H groups in total. The van der Waals surface area contributed by atoms with Crippen molar-refractivity contribution >= 4 is 11.6 Å². The Labute approximate surface area is 101 Å². The van der Waals surface area contributed by atoms with Gasteiger partial charge in [-0.15, -0.1) is 0 Å². The van der Waals surface area contributed by atoms with Crippen LogP contribution in [0.4, 0.5) is 5.69 Å². The van der Waals surface area contributed by atoms with Crippen molar-refractivity contribution in [1.29, 1.82) is 0 Å². The molecule has 1 saturated heterocycles. The zero-order valence-corrected chi connectivity index (χ0v) is 10.2. The highest BCUT2D eigenvalue weighted by atomic mass is 16.3. The summed E-state index contributed by atoms with van der Waals surface area (Å²) in [7, 11) is 1.80. The molecule has 92 valence electrons. The average Bonchev–Trinajstić information content (AvgIpc) is 2.68. The molecule has 0 aliphatic carbocycles. The number of rotatable bonds is 2. The van der Waals surface area contributed by atoms with Crippen LogP contribution in [0.1, 0.15) is 23.7 Å². The summed E-state index contributed by atoms with van der Waals surface area (Å²) in [4.78, 5) is 14.0. The minimum absolute atomic E-state index is 0.0206. The number of anilines is 1. The van der Waals surface area contributed by atoms with Gasteiger partial charge in [0, 0.05) is 25.8 Å². The van der Waals surface area contributed by atoms with E-state index in [1.165, 1.54) is 0 Å². The molecule has 0 bridgehead atoms. The number of carbonyl (C=O) groups excluding carboxylic acids is 1. The van der Waals surface area contributed by atoms with E-state index >= 15 is 0 Å². The van der Waals surface area contributed by atoms with Crippen LogP contribution >= 0.6 is 0 Å². The van der Waals surface area contributed by atoms with Gasteiger partial charge in [-0.25, -0.2) is 0 Å². The summed E-state index contributed by atoms with van der Waals surface area (Å²) in [5.74, 6) is -0.0206. The maximum atomic E-state index is 12.3. The Kier molecular flexibility index (Phi) is 3.07. The van der Waals surface area contributed by atoms with Crippen LogP contribution in [0.2, 0.25) is 0 Å². The van der Waals surface area contributed by atoms with Crippen LogP contribution in [0.5, 0.6) is 0 Å². The lowest BCUT2D eigenvalue weighted by molar-refractivity contribution is 0.0572. The number of aliphatic hydroxyl groups is 1. The summed E-state index contributed by atoms with van der Waals surface area (Å²) >= 11 is 0. The van der Waals surface area contributed by atoms with Gasteiger partial charge < -0.3 is 15.3 Å². The van der Waals surface area contributed by atoms with Gasteiger partial charge in [-0.05, 0) is 25.5 Å². The number of benzene rings is 1. The second-order valence-corrected chi connectivity index (χ2v) is 4.77. The van der Waals surface area contributed by atoms with Crippen LogP contribution in [0.3, 0.4) is 0 Å². The molecule has 2 rings (SSSR count). The molecule has 0 radical (unpaired) electrons. The number of carbonyl (C=O) groups is 1. The van der Waals surface area contributed by atoms with Crippen molar-refractivity contribution < 1.29 is 9.90 Å². The van der Waals surface area contributed by atoms with Gasteiger partial charge in [0.25, 0.3) is 5.91 Å². The van der Waals surface area contributed by atoms with E-state index < -0.39 is 5.60 Å². The lowest BCUT2D eigenvalue weighted by atomic mass is 10.1. The number of likely N-dealkylation sites (tertiary alicyclic amines) is 1. The zero-order valence-electron chi connectivity index (χ0n) is 10.2. The van der Waals surface area contributed by atoms with Gasteiger partial charge in [0.05, 0.1) is 11.2 Å². The summed E-state index contributed by atoms with van der Waals surface area (Å²) in [6.45, 7) is 2.79. The quantitative estimate of drug-likeness (QED) is 0.811. The molecule has 1 atom stereocenters. The first-order valence-corrected chi connectivity index (χ1v) is 5.82. The third-order valence-electron chi connectivity index (χ3n) is 3.17. The normalized spacial score (nSPS) is 23.8. The van der Waals surface area contributed by atoms with Crippen molar-refractivity contribution in [2.24, 2.45) is 0 Å². The van der Waals surface area contributed by atoms with Crippen LogP contribution < -0.4 is 5.32 Å². The van der Waals surface area contributed by atoms with E-state index in [0.29, 0.717) is 25.1 Å². The molecule has 4 nitrogen and oxygen atoms in total. The minimum Gasteiger partial charge on any atom is -0.388 e. The smallest absolute Gasteiger partial charge is 0.256 e. The number of para-hydroxylation sites is 1. The second kappa shape index (κ2) is 4.37. The van der Waals surface area contributed by atoms with Gasteiger partial charge in [-0.1, -0.05) is 12.1 Å². The first kappa shape index (κ1) is 11.9. The third-order valence-corrected chi connectivity index (χ3v) is 3.17. The molecule has 1 aliphatic rings. The molecular formula is C13H18N2O2. The van der Waals surface area contributed by atoms with Crippen LogP contribution in [-0.4, -0.2) is 41.7 Å². The standard InChI is InChI=1S/C13H18N2O2/c1-13(17)7-8-15(9-13)12(16)10-5-3-4-6-11(10)14-2/h3-6,14,17H,7-9H2,1-2H3. The number of hydrogen-bond donors (Lipinski definition) is 2. The van der Waals surface area contributed by atoms with E-state index in [2.05, 4.69) is 5.32 Å². The molecule has 1 fully saturated rings. The summed E-state index contributed by atoms with van der Waals surface area (Å²) in [5.41, 5.74) is 0.737. The number of nitrogens with one attached hydrogen (secondary N) is 1.